The standard InChI is InChI=1S/C15H18BN5O5/c1-8-11(6-17)19-20-21(8)7-13(22)18-12-5-9-3-2-4-10(15(23)24)14(9)26-16(12)25/h2-4,12,25H,5-7,17H2,1H3,(H,18,22)(H,23,24)/t12-/m0/s1. The summed E-state index contributed by atoms with van der Waals surface area (Å²) >= 11 is 0. The molecule has 1 aromatic carbocycles. The molecule has 26 heavy (non-hydrogen) atoms. The number of hydrogen-bond acceptors (Lipinski definition) is 7. The molecule has 0 radical (unpaired) electrons. The molecular weight excluding hydrogens is 341 g/mol. The Morgan fingerprint density at radius 3 is 2.92 bits per heavy atom. The molecule has 136 valence electrons. The van der Waals surface area contributed by atoms with Crippen molar-refractivity contribution in [3.05, 3.63) is 40.7 Å². The first-order chi connectivity index (χ1) is 12.4. The molecule has 11 heteroatoms. The monoisotopic (exact) mass is 359 g/mol. The smallest absolute Gasteiger partial charge is 0.534 e. The Kier molecular flexibility index (Phi) is 4.91. The van der Waals surface area contributed by atoms with Crippen molar-refractivity contribution in [3.63, 3.8) is 0 Å². The van der Waals surface area contributed by atoms with E-state index in [9.17, 15) is 19.7 Å². The van der Waals surface area contributed by atoms with E-state index >= 15 is 0 Å². The summed E-state index contributed by atoms with van der Waals surface area (Å²) in [5, 5.41) is 29.8. The molecule has 1 aliphatic heterocycles. The number of fused-ring (bicyclic) bond motifs is 1. The van der Waals surface area contributed by atoms with Crippen LogP contribution in [-0.4, -0.2) is 50.1 Å². The van der Waals surface area contributed by atoms with Crippen LogP contribution in [0.25, 0.3) is 0 Å². The van der Waals surface area contributed by atoms with Gasteiger partial charge >= 0.3 is 13.1 Å². The molecule has 0 saturated heterocycles. The van der Waals surface area contributed by atoms with Crippen molar-refractivity contribution in [1.82, 2.24) is 20.3 Å². The van der Waals surface area contributed by atoms with Gasteiger partial charge in [-0.2, -0.15) is 0 Å². The molecule has 0 unspecified atom stereocenters. The minimum absolute atomic E-state index is 0.0288. The second kappa shape index (κ2) is 7.14. The van der Waals surface area contributed by atoms with Gasteiger partial charge in [-0.1, -0.05) is 17.3 Å². The fourth-order valence-electron chi connectivity index (χ4n) is 2.84. The molecule has 0 saturated carbocycles. The highest BCUT2D eigenvalue weighted by Gasteiger charge is 2.37. The molecule has 2 heterocycles. The number of amides is 1. The molecule has 1 amide bonds. The van der Waals surface area contributed by atoms with Gasteiger partial charge in [0, 0.05) is 6.54 Å². The molecule has 0 aliphatic carbocycles. The largest absolute Gasteiger partial charge is 0.547 e. The first-order valence-corrected chi connectivity index (χ1v) is 7.99. The molecule has 1 atom stereocenters. The van der Waals surface area contributed by atoms with E-state index in [0.717, 1.165) is 0 Å². The topological polar surface area (TPSA) is 153 Å². The lowest BCUT2D eigenvalue weighted by Crippen LogP contribution is -2.53. The second-order valence-electron chi connectivity index (χ2n) is 5.97. The average Bonchev–Trinajstić information content (AvgIpc) is 2.94. The van der Waals surface area contributed by atoms with Gasteiger partial charge < -0.3 is 25.8 Å². The molecule has 1 aliphatic rings. The van der Waals surface area contributed by atoms with Crippen molar-refractivity contribution in [2.45, 2.75) is 32.4 Å². The third-order valence-corrected chi connectivity index (χ3v) is 4.26. The zero-order valence-electron chi connectivity index (χ0n) is 14.0. The zero-order valence-corrected chi connectivity index (χ0v) is 14.0. The van der Waals surface area contributed by atoms with Crippen LogP contribution in [0.1, 0.15) is 27.3 Å². The molecule has 0 bridgehead atoms. The number of carboxylic acid groups (broad SMARTS) is 1. The SMILES string of the molecule is Cc1c(CN)nnn1CC(=O)N[C@H]1Cc2cccc(C(=O)O)c2OB1O. The van der Waals surface area contributed by atoms with Gasteiger partial charge in [0.15, 0.2) is 0 Å². The number of nitrogens with two attached hydrogens (primary N) is 1. The van der Waals surface area contributed by atoms with E-state index in [-0.39, 0.29) is 36.7 Å². The van der Waals surface area contributed by atoms with Crippen LogP contribution in [0.15, 0.2) is 18.2 Å². The van der Waals surface area contributed by atoms with Gasteiger partial charge in [0.2, 0.25) is 5.91 Å². The molecule has 5 N–H and O–H groups in total. The lowest BCUT2D eigenvalue weighted by Gasteiger charge is -2.28. The summed E-state index contributed by atoms with van der Waals surface area (Å²) in [5.74, 6) is -2.12. The lowest BCUT2D eigenvalue weighted by atomic mass is 9.72. The number of aromatic nitrogens is 3. The summed E-state index contributed by atoms with van der Waals surface area (Å²) in [6.07, 6.45) is 0.244. The van der Waals surface area contributed by atoms with Crippen LogP contribution in [0, 0.1) is 6.92 Å². The third-order valence-electron chi connectivity index (χ3n) is 4.26. The predicted molar refractivity (Wildman–Crippen MR) is 90.3 cm³/mol. The number of hydrogen-bond donors (Lipinski definition) is 4. The van der Waals surface area contributed by atoms with Crippen LogP contribution < -0.4 is 15.7 Å². The highest BCUT2D eigenvalue weighted by atomic mass is 16.5. The minimum Gasteiger partial charge on any atom is -0.534 e. The maximum absolute atomic E-state index is 12.3. The van der Waals surface area contributed by atoms with Crippen LogP contribution in [0.3, 0.4) is 0 Å². The lowest BCUT2D eigenvalue weighted by molar-refractivity contribution is -0.122. The van der Waals surface area contributed by atoms with Gasteiger partial charge in [0.25, 0.3) is 0 Å². The van der Waals surface area contributed by atoms with Crippen molar-refractivity contribution >= 4 is 19.0 Å². The number of aromatic carboxylic acids is 1. The molecule has 1 aromatic heterocycles. The number of benzene rings is 1. The van der Waals surface area contributed by atoms with E-state index in [2.05, 4.69) is 15.6 Å². The minimum atomic E-state index is -1.36. The van der Waals surface area contributed by atoms with E-state index < -0.39 is 19.0 Å². The molecular formula is C15H18BN5O5. The second-order valence-corrected chi connectivity index (χ2v) is 5.97. The summed E-state index contributed by atoms with van der Waals surface area (Å²) in [6, 6.07) is 4.69. The highest BCUT2D eigenvalue weighted by Crippen LogP contribution is 2.30. The van der Waals surface area contributed by atoms with Crippen molar-refractivity contribution in [2.75, 3.05) is 0 Å². The molecule has 10 nitrogen and oxygen atoms in total. The quantitative estimate of drug-likeness (QED) is 0.490. The van der Waals surface area contributed by atoms with Gasteiger partial charge in [-0.3, -0.25) is 4.79 Å². The normalized spacial score (nSPS) is 16.0. The van der Waals surface area contributed by atoms with Crippen LogP contribution in [0.5, 0.6) is 5.75 Å². The summed E-state index contributed by atoms with van der Waals surface area (Å²) in [4.78, 5) is 23.5. The van der Waals surface area contributed by atoms with Gasteiger partial charge in [0.05, 0.1) is 22.9 Å². The fourth-order valence-corrected chi connectivity index (χ4v) is 2.84. The summed E-state index contributed by atoms with van der Waals surface area (Å²) in [7, 11) is -1.36. The van der Waals surface area contributed by atoms with Crippen molar-refractivity contribution < 1.29 is 24.4 Å². The van der Waals surface area contributed by atoms with Gasteiger partial charge in [-0.25, -0.2) is 9.48 Å². The van der Waals surface area contributed by atoms with Crippen molar-refractivity contribution in [1.29, 1.82) is 0 Å². The van der Waals surface area contributed by atoms with Gasteiger partial charge in [-0.15, -0.1) is 5.10 Å². The summed E-state index contributed by atoms with van der Waals surface area (Å²) in [6.45, 7) is 1.91. The Bertz CT molecular complexity index is 855. The number of para-hydroxylation sites is 1. The van der Waals surface area contributed by atoms with Crippen LogP contribution >= 0.6 is 0 Å². The molecule has 0 spiro atoms. The Hall–Kier alpha value is -2.92. The van der Waals surface area contributed by atoms with E-state index in [1.807, 2.05) is 0 Å². The van der Waals surface area contributed by atoms with E-state index in [0.29, 0.717) is 17.0 Å². The number of carboxylic acids is 1. The van der Waals surface area contributed by atoms with E-state index in [4.69, 9.17) is 10.4 Å². The van der Waals surface area contributed by atoms with Crippen molar-refractivity contribution in [2.24, 2.45) is 5.73 Å². The summed E-state index contributed by atoms with van der Waals surface area (Å²) in [5.41, 5.74) is 7.40. The Balaban J connectivity index is 1.71. The Labute approximate surface area is 149 Å². The first-order valence-electron chi connectivity index (χ1n) is 7.99. The molecule has 3 rings (SSSR count). The zero-order chi connectivity index (χ0) is 18.8. The predicted octanol–water partition coefficient (Wildman–Crippen LogP) is -1.12. The number of nitrogens with zero attached hydrogens (tertiary/aromatic N) is 3. The van der Waals surface area contributed by atoms with Crippen LogP contribution in [0.2, 0.25) is 0 Å². The number of carbonyl (C=O) groups is 2. The maximum Gasteiger partial charge on any atom is 0.547 e. The molecule has 2 aromatic rings. The van der Waals surface area contributed by atoms with Gasteiger partial charge in [0.1, 0.15) is 12.3 Å². The molecule has 0 fully saturated rings. The van der Waals surface area contributed by atoms with E-state index in [1.54, 1.807) is 19.1 Å². The van der Waals surface area contributed by atoms with Crippen LogP contribution in [-0.2, 0) is 24.3 Å². The van der Waals surface area contributed by atoms with Crippen molar-refractivity contribution in [3.8, 4) is 5.75 Å². The fraction of sp³-hybridized carbons (Fsp3) is 0.333. The number of nitrogens with one attached hydrogen (secondary N) is 1. The maximum atomic E-state index is 12.3. The highest BCUT2D eigenvalue weighted by molar-refractivity contribution is 6.47. The number of rotatable bonds is 5. The third kappa shape index (κ3) is 3.39. The first kappa shape index (κ1) is 17.9. The summed E-state index contributed by atoms with van der Waals surface area (Å²) < 4.78 is 6.76. The number of carbonyl (C=O) groups excluding carboxylic acids is 1. The van der Waals surface area contributed by atoms with Gasteiger partial charge in [-0.05, 0) is 25.0 Å². The Morgan fingerprint density at radius 2 is 2.27 bits per heavy atom. The Morgan fingerprint density at radius 1 is 1.50 bits per heavy atom. The average molecular weight is 359 g/mol. The van der Waals surface area contributed by atoms with E-state index in [1.165, 1.54) is 10.7 Å². The van der Waals surface area contributed by atoms with Crippen LogP contribution in [0.4, 0.5) is 0 Å².